The average Bonchev–Trinajstić information content (AvgIpc) is 2.67. The molecule has 1 aliphatic heterocycles. The van der Waals surface area contributed by atoms with Crippen molar-refractivity contribution in [3.8, 4) is 11.1 Å². The number of alkyl halides is 1. The van der Waals surface area contributed by atoms with Gasteiger partial charge >= 0.3 is 170 Å². The van der Waals surface area contributed by atoms with Crippen molar-refractivity contribution in [1.82, 2.24) is 10.3 Å². The van der Waals surface area contributed by atoms with Crippen LogP contribution in [0.2, 0.25) is 0 Å². The van der Waals surface area contributed by atoms with E-state index in [1.165, 1.54) is 25.3 Å². The number of benzene rings is 2. The number of anilines is 2. The number of nitrogens with one attached hydrogen (secondary N) is 2. The molecule has 0 saturated carbocycles. The topological polar surface area (TPSA) is 63.0 Å². The van der Waals surface area contributed by atoms with Gasteiger partial charge in [-0.25, -0.2) is 0 Å². The Morgan fingerprint density at radius 2 is 2.15 bits per heavy atom. The summed E-state index contributed by atoms with van der Waals surface area (Å²) in [5.41, 5.74) is 9.38. The molecule has 4 nitrogen and oxygen atoms in total. The third kappa shape index (κ3) is 4.01. The van der Waals surface area contributed by atoms with E-state index in [-0.39, 0.29) is 27.3 Å². The number of nitrogen functional groups attached to an aromatic ring is 1. The van der Waals surface area contributed by atoms with Crippen molar-refractivity contribution in [2.75, 3.05) is 15.8 Å². The van der Waals surface area contributed by atoms with E-state index in [9.17, 15) is 4.39 Å². The molecule has 2 aromatic carbocycles. The predicted molar refractivity (Wildman–Crippen MR) is 106 cm³/mol. The fourth-order valence-electron chi connectivity index (χ4n) is 3.52. The number of nitrogens with two attached hydrogens (primary N) is 1. The van der Waals surface area contributed by atoms with Gasteiger partial charge in [-0.3, -0.25) is 0 Å². The molecule has 142 valence electrons. The van der Waals surface area contributed by atoms with Gasteiger partial charge in [0, 0.05) is 0 Å². The molecule has 0 bridgehead atoms. The van der Waals surface area contributed by atoms with Crippen LogP contribution in [0, 0.1) is 12.7 Å². The van der Waals surface area contributed by atoms with Gasteiger partial charge in [-0.05, 0) is 0 Å². The van der Waals surface area contributed by atoms with E-state index in [1.54, 1.807) is 12.3 Å². The zero-order chi connectivity index (χ0) is 18.8. The third-order valence-electron chi connectivity index (χ3n) is 4.91. The van der Waals surface area contributed by atoms with Gasteiger partial charge in [0.05, 0.1) is 0 Å². The van der Waals surface area contributed by atoms with Crippen LogP contribution in [0.4, 0.5) is 15.9 Å². The zero-order valence-electron chi connectivity index (χ0n) is 15.2. The first-order chi connectivity index (χ1) is 13.1. The molecule has 1 fully saturated rings. The fraction of sp³-hybridized carbons (Fsp3) is 0.286. The number of rotatable bonds is 4. The number of aromatic nitrogens is 1. The molecule has 27 heavy (non-hydrogen) atoms. The van der Waals surface area contributed by atoms with Crippen LogP contribution in [0.5, 0.6) is 0 Å². The Morgan fingerprint density at radius 1 is 1.26 bits per heavy atom. The van der Waals surface area contributed by atoms with E-state index in [1.807, 2.05) is 25.1 Å². The Hall–Kier alpha value is -1.93. The maximum atomic E-state index is 14.5. The molecule has 0 spiro atoms. The number of piperidine rings is 1. The molecule has 1 atom stereocenters. The number of pyridine rings is 1. The second kappa shape index (κ2) is 7.98. The Morgan fingerprint density at radius 3 is 2.93 bits per heavy atom. The maximum absolute atomic E-state index is 14.5. The summed E-state index contributed by atoms with van der Waals surface area (Å²) in [4.78, 5) is 4.23. The molecule has 0 aliphatic carbocycles. The van der Waals surface area contributed by atoms with E-state index in [2.05, 4.69) is 19.9 Å². The molecular weight excluding hydrogens is 454 g/mol. The van der Waals surface area contributed by atoms with Crippen molar-refractivity contribution >= 4 is 22.3 Å². The van der Waals surface area contributed by atoms with E-state index in [0.717, 1.165) is 34.1 Å². The van der Waals surface area contributed by atoms with Crippen molar-refractivity contribution in [3.63, 3.8) is 0 Å². The SMILES string of the molecule is Cc1cccc(F)c1-c1cc(N[I-]C2CCCCN2)c2cc(N)ncc2c1. The van der Waals surface area contributed by atoms with E-state index >= 15 is 0 Å². The summed E-state index contributed by atoms with van der Waals surface area (Å²) in [6.45, 7) is 3.04. The first-order valence-electron chi connectivity index (χ1n) is 9.18. The van der Waals surface area contributed by atoms with Crippen LogP contribution < -0.4 is 36.1 Å². The van der Waals surface area contributed by atoms with Gasteiger partial charge < -0.3 is 0 Å². The molecule has 1 aliphatic rings. The van der Waals surface area contributed by atoms with E-state index in [4.69, 9.17) is 5.73 Å². The second-order valence-corrected chi connectivity index (χ2v) is 9.57. The molecule has 1 unspecified atom stereocenters. The molecule has 0 amide bonds. The molecule has 4 rings (SSSR count). The van der Waals surface area contributed by atoms with Crippen LogP contribution >= 0.6 is 0 Å². The zero-order valence-corrected chi connectivity index (χ0v) is 17.4. The van der Waals surface area contributed by atoms with E-state index in [0.29, 0.717) is 15.4 Å². The Balaban J connectivity index is 1.76. The Kier molecular flexibility index (Phi) is 5.45. The van der Waals surface area contributed by atoms with Crippen LogP contribution in [-0.2, 0) is 0 Å². The molecule has 2 heterocycles. The molecule has 0 radical (unpaired) electrons. The quantitative estimate of drug-likeness (QED) is 0.231. The van der Waals surface area contributed by atoms with Crippen molar-refractivity contribution < 1.29 is 25.9 Å². The summed E-state index contributed by atoms with van der Waals surface area (Å²) < 4.78 is 18.8. The first-order valence-corrected chi connectivity index (χ1v) is 11.5. The van der Waals surface area contributed by atoms with Crippen LogP contribution in [0.25, 0.3) is 21.9 Å². The number of halogens is 2. The molecule has 3 aromatic rings. The Bertz CT molecular complexity index is 950. The molecule has 4 N–H and O–H groups in total. The van der Waals surface area contributed by atoms with Crippen LogP contribution in [-0.4, -0.2) is 15.6 Å². The predicted octanol–water partition coefficient (Wildman–Crippen LogP) is 1.45. The van der Waals surface area contributed by atoms with Crippen LogP contribution in [0.3, 0.4) is 0 Å². The Labute approximate surface area is 169 Å². The number of aryl methyl sites for hydroxylation is 1. The summed E-state index contributed by atoms with van der Waals surface area (Å²) in [5, 5.41) is 5.61. The molecule has 1 aromatic heterocycles. The minimum absolute atomic E-state index is 0.202. The normalized spacial score (nSPS) is 17.3. The number of hydrogen-bond acceptors (Lipinski definition) is 4. The average molecular weight is 477 g/mol. The van der Waals surface area contributed by atoms with E-state index < -0.39 is 0 Å². The summed E-state index contributed by atoms with van der Waals surface area (Å²) in [5.74, 6) is 0.293. The molecular formula is C21H23FIN4-. The monoisotopic (exact) mass is 477 g/mol. The van der Waals surface area contributed by atoms with Gasteiger partial charge in [0.2, 0.25) is 0 Å². The van der Waals surface area contributed by atoms with Gasteiger partial charge in [0.15, 0.2) is 0 Å². The number of nitrogens with zero attached hydrogens (tertiary/aromatic N) is 1. The van der Waals surface area contributed by atoms with Gasteiger partial charge in [0.1, 0.15) is 0 Å². The van der Waals surface area contributed by atoms with Gasteiger partial charge in [0.25, 0.3) is 0 Å². The van der Waals surface area contributed by atoms with Crippen molar-refractivity contribution in [3.05, 3.63) is 54.0 Å². The summed E-state index contributed by atoms with van der Waals surface area (Å²) in [7, 11) is 0. The number of hydrogen-bond donors (Lipinski definition) is 3. The van der Waals surface area contributed by atoms with Crippen LogP contribution in [0.15, 0.2) is 42.6 Å². The van der Waals surface area contributed by atoms with Crippen LogP contribution in [0.1, 0.15) is 24.8 Å². The summed E-state index contributed by atoms with van der Waals surface area (Å²) in [6.07, 6.45) is 5.53. The van der Waals surface area contributed by atoms with Crippen molar-refractivity contribution in [1.29, 1.82) is 0 Å². The second-order valence-electron chi connectivity index (χ2n) is 6.91. The standard InChI is InChI=1S/C21H23FIN4/c1-13-5-4-6-17(22)21(13)14-9-15-12-26-20(24)11-16(15)18(10-14)27-23-19-7-2-3-8-25-19/h4-6,9-12,19,25,27H,2-3,7-8H2,1H3,(H2,24,26)/q-1. The molecule has 1 saturated heterocycles. The first kappa shape index (κ1) is 18.4. The fourth-order valence-corrected chi connectivity index (χ4v) is 5.96. The summed E-state index contributed by atoms with van der Waals surface area (Å²) >= 11 is -0.274. The third-order valence-corrected chi connectivity index (χ3v) is 7.61. The van der Waals surface area contributed by atoms with Gasteiger partial charge in [-0.1, -0.05) is 0 Å². The van der Waals surface area contributed by atoms with Gasteiger partial charge in [-0.2, -0.15) is 0 Å². The van der Waals surface area contributed by atoms with Crippen molar-refractivity contribution in [2.45, 2.75) is 30.2 Å². The van der Waals surface area contributed by atoms with Crippen molar-refractivity contribution in [2.24, 2.45) is 0 Å². The summed E-state index contributed by atoms with van der Waals surface area (Å²) in [6, 6.07) is 11.1. The van der Waals surface area contributed by atoms with Gasteiger partial charge in [-0.15, -0.1) is 0 Å². The number of fused-ring (bicyclic) bond motifs is 1. The minimum atomic E-state index is -0.274. The molecule has 6 heteroatoms.